The number of imidazole rings is 1. The van der Waals surface area contributed by atoms with Gasteiger partial charge in [-0.15, -0.1) is 11.8 Å². The molecule has 0 fully saturated rings. The van der Waals surface area contributed by atoms with Crippen molar-refractivity contribution in [2.24, 2.45) is 0 Å². The zero-order chi connectivity index (χ0) is 13.4. The largest absolute Gasteiger partial charge is 0.346 e. The van der Waals surface area contributed by atoms with E-state index >= 15 is 0 Å². The molecular weight excluding hydrogens is 272 g/mol. The molecule has 0 saturated carbocycles. The fourth-order valence-corrected chi connectivity index (χ4v) is 3.27. The van der Waals surface area contributed by atoms with Crippen molar-refractivity contribution >= 4 is 33.5 Å². The summed E-state index contributed by atoms with van der Waals surface area (Å²) in [6.45, 7) is 0.930. The molecule has 2 N–H and O–H groups in total. The number of hydrogen-bond donors (Lipinski definition) is 2. The Balaban J connectivity index is 1.78. The Kier molecular flexibility index (Phi) is 2.70. The Hall–Kier alpha value is -2.28. The van der Waals surface area contributed by atoms with Gasteiger partial charge in [-0.2, -0.15) is 0 Å². The number of H-pyrrole nitrogens is 2. The standard InChI is InChI=1S/C13H12N6S/c1-2-15-12-9(1)13(18-8-17-12)19-3-4-20-11(6-19)10-5-14-7-16-10/h1-2,5-8H,3-4H2,(H,14,16)(H,15,17,18). The number of nitrogens with one attached hydrogen (secondary N) is 2. The van der Waals surface area contributed by atoms with E-state index in [0.717, 1.165) is 34.8 Å². The van der Waals surface area contributed by atoms with Crippen LogP contribution in [0.2, 0.25) is 0 Å². The van der Waals surface area contributed by atoms with Crippen molar-refractivity contribution in [3.05, 3.63) is 43.0 Å². The maximum absolute atomic E-state index is 4.43. The molecular formula is C13H12N6S. The number of nitrogens with zero attached hydrogens (tertiary/aromatic N) is 4. The lowest BCUT2D eigenvalue weighted by molar-refractivity contribution is 0.987. The van der Waals surface area contributed by atoms with Crippen LogP contribution in [0.5, 0.6) is 0 Å². The highest BCUT2D eigenvalue weighted by Gasteiger charge is 2.17. The minimum Gasteiger partial charge on any atom is -0.346 e. The molecule has 3 aromatic rings. The van der Waals surface area contributed by atoms with Crippen LogP contribution in [0.3, 0.4) is 0 Å². The highest BCUT2D eigenvalue weighted by molar-refractivity contribution is 8.08. The summed E-state index contributed by atoms with van der Waals surface area (Å²) < 4.78 is 0. The van der Waals surface area contributed by atoms with Gasteiger partial charge in [0.05, 0.1) is 23.6 Å². The van der Waals surface area contributed by atoms with Gasteiger partial charge in [0.15, 0.2) is 0 Å². The van der Waals surface area contributed by atoms with Gasteiger partial charge in [0.2, 0.25) is 0 Å². The lowest BCUT2D eigenvalue weighted by Crippen LogP contribution is -2.24. The molecule has 3 aromatic heterocycles. The monoisotopic (exact) mass is 284 g/mol. The quantitative estimate of drug-likeness (QED) is 0.755. The molecule has 0 aliphatic carbocycles. The molecule has 1 aliphatic heterocycles. The SMILES string of the molecule is C1=C(c2cnc[nH]2)SCCN1c1ncnc2[nH]ccc12. The van der Waals surface area contributed by atoms with Gasteiger partial charge in [-0.1, -0.05) is 0 Å². The fraction of sp³-hybridized carbons (Fsp3) is 0.154. The lowest BCUT2D eigenvalue weighted by Gasteiger charge is -2.25. The molecule has 0 saturated heterocycles. The minimum absolute atomic E-state index is 0.865. The van der Waals surface area contributed by atoms with Crippen LogP contribution in [0.25, 0.3) is 15.9 Å². The summed E-state index contributed by atoms with van der Waals surface area (Å²) >= 11 is 1.82. The zero-order valence-electron chi connectivity index (χ0n) is 10.6. The van der Waals surface area contributed by atoms with Crippen LogP contribution in [0.4, 0.5) is 5.82 Å². The molecule has 0 atom stereocenters. The lowest BCUT2D eigenvalue weighted by atomic mass is 10.3. The van der Waals surface area contributed by atoms with Crippen LogP contribution in [0.1, 0.15) is 5.69 Å². The van der Waals surface area contributed by atoms with E-state index in [1.807, 2.05) is 30.2 Å². The van der Waals surface area contributed by atoms with Crippen molar-refractivity contribution in [1.29, 1.82) is 0 Å². The summed E-state index contributed by atoms with van der Waals surface area (Å²) in [7, 11) is 0. The third-order valence-corrected chi connectivity index (χ3v) is 4.25. The van der Waals surface area contributed by atoms with E-state index in [0.29, 0.717) is 0 Å². The average Bonchev–Trinajstić information content (AvgIpc) is 3.18. The van der Waals surface area contributed by atoms with E-state index in [4.69, 9.17) is 0 Å². The van der Waals surface area contributed by atoms with E-state index in [2.05, 4.69) is 36.0 Å². The first-order valence-electron chi connectivity index (χ1n) is 6.30. The van der Waals surface area contributed by atoms with E-state index in [1.54, 1.807) is 12.7 Å². The summed E-state index contributed by atoms with van der Waals surface area (Å²) in [5.74, 6) is 1.95. The Morgan fingerprint density at radius 1 is 1.25 bits per heavy atom. The number of rotatable bonds is 2. The van der Waals surface area contributed by atoms with Crippen LogP contribution < -0.4 is 4.90 Å². The topological polar surface area (TPSA) is 73.5 Å². The van der Waals surface area contributed by atoms with E-state index in [9.17, 15) is 0 Å². The highest BCUT2D eigenvalue weighted by atomic mass is 32.2. The number of fused-ring (bicyclic) bond motifs is 1. The minimum atomic E-state index is 0.865. The molecule has 7 heteroatoms. The molecule has 0 radical (unpaired) electrons. The second kappa shape index (κ2) is 4.68. The van der Waals surface area contributed by atoms with Crippen LogP contribution in [0, 0.1) is 0 Å². The molecule has 6 nitrogen and oxygen atoms in total. The molecule has 4 heterocycles. The van der Waals surface area contributed by atoms with E-state index in [1.165, 1.54) is 4.91 Å². The Morgan fingerprint density at radius 3 is 3.15 bits per heavy atom. The Labute approximate surface area is 119 Å². The number of thioether (sulfide) groups is 1. The number of hydrogen-bond acceptors (Lipinski definition) is 5. The molecule has 0 unspecified atom stereocenters. The van der Waals surface area contributed by atoms with Gasteiger partial charge < -0.3 is 14.9 Å². The third kappa shape index (κ3) is 1.87. The Bertz CT molecular complexity index is 760. The second-order valence-electron chi connectivity index (χ2n) is 4.44. The summed E-state index contributed by atoms with van der Waals surface area (Å²) in [6.07, 6.45) is 9.15. The molecule has 20 heavy (non-hydrogen) atoms. The van der Waals surface area contributed by atoms with Crippen LogP contribution >= 0.6 is 11.8 Å². The molecule has 100 valence electrons. The molecule has 0 amide bonds. The van der Waals surface area contributed by atoms with Crippen molar-refractivity contribution in [2.75, 3.05) is 17.2 Å². The van der Waals surface area contributed by atoms with Gasteiger partial charge in [0.1, 0.15) is 17.8 Å². The summed E-state index contributed by atoms with van der Waals surface area (Å²) in [4.78, 5) is 22.4. The highest BCUT2D eigenvalue weighted by Crippen LogP contribution is 2.33. The van der Waals surface area contributed by atoms with Crippen molar-refractivity contribution in [2.45, 2.75) is 0 Å². The van der Waals surface area contributed by atoms with E-state index < -0.39 is 0 Å². The summed E-state index contributed by atoms with van der Waals surface area (Å²) in [5, 5.41) is 1.04. The Morgan fingerprint density at radius 2 is 2.25 bits per heavy atom. The van der Waals surface area contributed by atoms with Gasteiger partial charge in [0.25, 0.3) is 0 Å². The summed E-state index contributed by atoms with van der Waals surface area (Å²) in [6, 6.07) is 2.01. The zero-order valence-corrected chi connectivity index (χ0v) is 11.4. The second-order valence-corrected chi connectivity index (χ2v) is 5.57. The molecule has 0 spiro atoms. The third-order valence-electron chi connectivity index (χ3n) is 3.23. The molecule has 0 aromatic carbocycles. The average molecular weight is 284 g/mol. The molecule has 1 aliphatic rings. The van der Waals surface area contributed by atoms with Crippen molar-refractivity contribution in [1.82, 2.24) is 24.9 Å². The maximum Gasteiger partial charge on any atom is 0.145 e. The number of aromatic nitrogens is 5. The number of anilines is 1. The van der Waals surface area contributed by atoms with Gasteiger partial charge in [-0.05, 0) is 6.07 Å². The van der Waals surface area contributed by atoms with E-state index in [-0.39, 0.29) is 0 Å². The van der Waals surface area contributed by atoms with Gasteiger partial charge >= 0.3 is 0 Å². The predicted molar refractivity (Wildman–Crippen MR) is 80.3 cm³/mol. The normalized spacial score (nSPS) is 15.6. The first-order valence-corrected chi connectivity index (χ1v) is 7.28. The first-order chi connectivity index (χ1) is 9.92. The molecule has 0 bridgehead atoms. The van der Waals surface area contributed by atoms with Crippen LogP contribution in [-0.4, -0.2) is 37.2 Å². The van der Waals surface area contributed by atoms with Gasteiger partial charge in [-0.3, -0.25) is 0 Å². The van der Waals surface area contributed by atoms with Crippen molar-refractivity contribution in [3.63, 3.8) is 0 Å². The first kappa shape index (κ1) is 11.5. The maximum atomic E-state index is 4.43. The molecule has 4 rings (SSSR count). The van der Waals surface area contributed by atoms with Gasteiger partial charge in [-0.25, -0.2) is 15.0 Å². The van der Waals surface area contributed by atoms with Gasteiger partial charge in [0, 0.05) is 29.6 Å². The van der Waals surface area contributed by atoms with Crippen LogP contribution in [-0.2, 0) is 0 Å². The predicted octanol–water partition coefficient (Wildman–Crippen LogP) is 2.23. The number of aromatic amines is 2. The smallest absolute Gasteiger partial charge is 0.145 e. The summed E-state index contributed by atoms with van der Waals surface area (Å²) in [5.41, 5.74) is 1.91. The fourth-order valence-electron chi connectivity index (χ4n) is 2.29. The van der Waals surface area contributed by atoms with Crippen molar-refractivity contribution < 1.29 is 0 Å². The van der Waals surface area contributed by atoms with Crippen molar-refractivity contribution in [3.8, 4) is 0 Å². The van der Waals surface area contributed by atoms with Crippen LogP contribution in [0.15, 0.2) is 37.3 Å².